The first kappa shape index (κ1) is 22.0. The number of alkyl halides is 3. The topological polar surface area (TPSA) is 98.2 Å². The standard InChI is InChI=1S/C17H14BrF3N6O2S/c1-9-5-14(17(19,20)21)25-16(24-9)30-8-10-3-4-13(29-10)15(28)26-22-7-12-11(18)6-23-27(12)2/h3-7H,8H2,1-2H3,(H,26,28)/b22-7+. The Morgan fingerprint density at radius 3 is 2.83 bits per heavy atom. The zero-order valence-electron chi connectivity index (χ0n) is 15.6. The van der Waals surface area contributed by atoms with Crippen molar-refractivity contribution >= 4 is 39.8 Å². The van der Waals surface area contributed by atoms with Crippen molar-refractivity contribution in [2.75, 3.05) is 0 Å². The third-order valence-corrected chi connectivity index (χ3v) is 5.12. The molecule has 13 heteroatoms. The lowest BCUT2D eigenvalue weighted by atomic mass is 10.3. The van der Waals surface area contributed by atoms with E-state index in [2.05, 4.69) is 41.5 Å². The van der Waals surface area contributed by atoms with E-state index in [0.717, 1.165) is 17.8 Å². The molecule has 0 bridgehead atoms. The van der Waals surface area contributed by atoms with Crippen LogP contribution in [-0.4, -0.2) is 31.9 Å². The lowest BCUT2D eigenvalue weighted by Crippen LogP contribution is -2.17. The molecule has 0 radical (unpaired) electrons. The van der Waals surface area contributed by atoms with Crippen LogP contribution in [0.2, 0.25) is 0 Å². The molecule has 0 aromatic carbocycles. The average molecular weight is 503 g/mol. The highest BCUT2D eigenvalue weighted by atomic mass is 79.9. The van der Waals surface area contributed by atoms with Crippen LogP contribution in [0, 0.1) is 6.92 Å². The van der Waals surface area contributed by atoms with Crippen molar-refractivity contribution in [2.24, 2.45) is 12.1 Å². The van der Waals surface area contributed by atoms with Gasteiger partial charge in [-0.15, -0.1) is 0 Å². The summed E-state index contributed by atoms with van der Waals surface area (Å²) in [5.74, 6) is -0.0405. The lowest BCUT2D eigenvalue weighted by molar-refractivity contribution is -0.141. The Balaban J connectivity index is 1.60. The van der Waals surface area contributed by atoms with E-state index in [1.807, 2.05) is 0 Å². The van der Waals surface area contributed by atoms with Crippen molar-refractivity contribution in [1.29, 1.82) is 0 Å². The first-order valence-electron chi connectivity index (χ1n) is 8.29. The molecule has 0 fully saturated rings. The first-order chi connectivity index (χ1) is 14.1. The van der Waals surface area contributed by atoms with Gasteiger partial charge in [0.1, 0.15) is 11.5 Å². The highest BCUT2D eigenvalue weighted by Gasteiger charge is 2.33. The van der Waals surface area contributed by atoms with Crippen LogP contribution in [0.5, 0.6) is 0 Å². The van der Waals surface area contributed by atoms with Crippen molar-refractivity contribution in [3.63, 3.8) is 0 Å². The van der Waals surface area contributed by atoms with Gasteiger partial charge >= 0.3 is 12.1 Å². The Morgan fingerprint density at radius 2 is 2.17 bits per heavy atom. The van der Waals surface area contributed by atoms with Gasteiger partial charge < -0.3 is 4.42 Å². The fourth-order valence-electron chi connectivity index (χ4n) is 2.24. The molecular formula is C17H14BrF3N6O2S. The van der Waals surface area contributed by atoms with Crippen LogP contribution >= 0.6 is 27.7 Å². The molecule has 3 aromatic rings. The molecule has 3 heterocycles. The summed E-state index contributed by atoms with van der Waals surface area (Å²) in [4.78, 5) is 19.6. The molecule has 1 amide bonds. The van der Waals surface area contributed by atoms with Gasteiger partial charge in [0.2, 0.25) is 0 Å². The molecule has 0 saturated carbocycles. The summed E-state index contributed by atoms with van der Waals surface area (Å²) >= 11 is 4.28. The summed E-state index contributed by atoms with van der Waals surface area (Å²) in [6, 6.07) is 3.87. The number of rotatable bonds is 6. The average Bonchev–Trinajstić information content (AvgIpc) is 3.27. The van der Waals surface area contributed by atoms with Crippen LogP contribution in [0.4, 0.5) is 13.2 Å². The van der Waals surface area contributed by atoms with Crippen LogP contribution < -0.4 is 5.43 Å². The normalized spacial score (nSPS) is 11.9. The van der Waals surface area contributed by atoms with E-state index in [1.54, 1.807) is 24.0 Å². The number of aryl methyl sites for hydroxylation is 2. The minimum atomic E-state index is -4.55. The molecule has 3 rings (SSSR count). The lowest BCUT2D eigenvalue weighted by Gasteiger charge is -2.08. The summed E-state index contributed by atoms with van der Waals surface area (Å²) < 4.78 is 46.3. The van der Waals surface area contributed by atoms with Crippen molar-refractivity contribution in [1.82, 2.24) is 25.2 Å². The van der Waals surface area contributed by atoms with Gasteiger partial charge in [-0.1, -0.05) is 11.8 Å². The predicted octanol–water partition coefficient (Wildman–Crippen LogP) is 3.95. The van der Waals surface area contributed by atoms with E-state index in [1.165, 1.54) is 19.2 Å². The number of nitrogens with zero attached hydrogens (tertiary/aromatic N) is 5. The zero-order valence-corrected chi connectivity index (χ0v) is 18.0. The number of furan rings is 1. The van der Waals surface area contributed by atoms with Gasteiger partial charge in [0, 0.05) is 12.7 Å². The summed E-state index contributed by atoms with van der Waals surface area (Å²) in [5.41, 5.74) is 2.19. The SMILES string of the molecule is Cc1cc(C(F)(F)F)nc(SCc2ccc(C(=O)N/N=C/c3c(Br)cnn3C)o2)n1. The second-order valence-corrected chi connectivity index (χ2v) is 7.73. The number of hydrazone groups is 1. The number of aromatic nitrogens is 4. The van der Waals surface area contributed by atoms with Crippen molar-refractivity contribution in [3.05, 3.63) is 57.5 Å². The molecule has 0 saturated heterocycles. The quantitative estimate of drug-likeness (QED) is 0.237. The summed E-state index contributed by atoms with van der Waals surface area (Å²) in [5, 5.41) is 7.84. The molecule has 8 nitrogen and oxygen atoms in total. The number of carbonyl (C=O) groups excluding carboxylic acids is 1. The maximum atomic E-state index is 12.9. The number of halogens is 4. The number of hydrogen-bond acceptors (Lipinski definition) is 7. The van der Waals surface area contributed by atoms with Crippen molar-refractivity contribution < 1.29 is 22.4 Å². The van der Waals surface area contributed by atoms with Gasteiger partial charge in [-0.2, -0.15) is 23.4 Å². The van der Waals surface area contributed by atoms with E-state index in [0.29, 0.717) is 15.9 Å². The fourth-order valence-corrected chi connectivity index (χ4v) is 3.49. The van der Waals surface area contributed by atoms with Gasteiger partial charge in [-0.25, -0.2) is 15.4 Å². The van der Waals surface area contributed by atoms with E-state index in [-0.39, 0.29) is 22.4 Å². The van der Waals surface area contributed by atoms with Gasteiger partial charge in [0.25, 0.3) is 0 Å². The van der Waals surface area contributed by atoms with Gasteiger partial charge in [-0.05, 0) is 41.1 Å². The Morgan fingerprint density at radius 1 is 1.40 bits per heavy atom. The third-order valence-electron chi connectivity index (χ3n) is 3.64. The third kappa shape index (κ3) is 5.48. The van der Waals surface area contributed by atoms with E-state index >= 15 is 0 Å². The second kappa shape index (κ2) is 9.00. The fraction of sp³-hybridized carbons (Fsp3) is 0.235. The predicted molar refractivity (Wildman–Crippen MR) is 106 cm³/mol. The van der Waals surface area contributed by atoms with Gasteiger partial charge in [0.15, 0.2) is 10.9 Å². The Hall–Kier alpha value is -2.67. The first-order valence-corrected chi connectivity index (χ1v) is 10.1. The molecule has 0 unspecified atom stereocenters. The Bertz CT molecular complexity index is 1080. The number of carbonyl (C=O) groups is 1. The monoisotopic (exact) mass is 502 g/mol. The maximum absolute atomic E-state index is 12.9. The van der Waals surface area contributed by atoms with Crippen LogP contribution in [0.15, 0.2) is 43.5 Å². The molecule has 0 aliphatic carbocycles. The second-order valence-electron chi connectivity index (χ2n) is 5.93. The highest BCUT2D eigenvalue weighted by Crippen LogP contribution is 2.30. The van der Waals surface area contributed by atoms with Crippen molar-refractivity contribution in [3.8, 4) is 0 Å². The van der Waals surface area contributed by atoms with Crippen LogP contribution in [0.25, 0.3) is 0 Å². The highest BCUT2D eigenvalue weighted by molar-refractivity contribution is 9.10. The van der Waals surface area contributed by atoms with E-state index in [4.69, 9.17) is 4.42 Å². The Kier molecular flexibility index (Phi) is 6.61. The van der Waals surface area contributed by atoms with Crippen molar-refractivity contribution in [2.45, 2.75) is 24.0 Å². The van der Waals surface area contributed by atoms with Gasteiger partial charge in [-0.3, -0.25) is 9.48 Å². The van der Waals surface area contributed by atoms with Crippen LogP contribution in [-0.2, 0) is 19.0 Å². The minimum Gasteiger partial charge on any atom is -0.455 e. The van der Waals surface area contributed by atoms with Crippen LogP contribution in [0.1, 0.15) is 33.4 Å². The number of thioether (sulfide) groups is 1. The van der Waals surface area contributed by atoms with E-state index < -0.39 is 17.8 Å². The maximum Gasteiger partial charge on any atom is 0.433 e. The molecule has 3 aromatic heterocycles. The summed E-state index contributed by atoms with van der Waals surface area (Å²) in [7, 11) is 1.72. The zero-order chi connectivity index (χ0) is 21.9. The van der Waals surface area contributed by atoms with E-state index in [9.17, 15) is 18.0 Å². The molecule has 158 valence electrons. The molecule has 1 N–H and O–H groups in total. The number of hydrogen-bond donors (Lipinski definition) is 1. The molecule has 0 spiro atoms. The molecule has 30 heavy (non-hydrogen) atoms. The number of amides is 1. The molecule has 0 atom stereocenters. The van der Waals surface area contributed by atoms with Crippen LogP contribution in [0.3, 0.4) is 0 Å². The Labute approximate surface area is 181 Å². The molecular weight excluding hydrogens is 489 g/mol. The number of nitrogens with one attached hydrogen (secondary N) is 1. The molecule has 0 aliphatic heterocycles. The van der Waals surface area contributed by atoms with Gasteiger partial charge in [0.05, 0.1) is 28.3 Å². The summed E-state index contributed by atoms with van der Waals surface area (Å²) in [6.45, 7) is 1.46. The minimum absolute atomic E-state index is 0.00737. The summed E-state index contributed by atoms with van der Waals surface area (Å²) in [6.07, 6.45) is -1.54. The smallest absolute Gasteiger partial charge is 0.433 e. The molecule has 0 aliphatic rings. The largest absolute Gasteiger partial charge is 0.455 e.